The van der Waals surface area contributed by atoms with E-state index in [1.54, 1.807) is 23.2 Å². The molecule has 1 saturated carbocycles. The van der Waals surface area contributed by atoms with Crippen molar-refractivity contribution in [2.45, 2.75) is 69.4 Å². The number of aromatic nitrogens is 1. The van der Waals surface area contributed by atoms with Crippen molar-refractivity contribution in [3.8, 4) is 0 Å². The van der Waals surface area contributed by atoms with Gasteiger partial charge in [-0.25, -0.2) is 4.79 Å². The van der Waals surface area contributed by atoms with Crippen LogP contribution in [0, 0.1) is 0 Å². The van der Waals surface area contributed by atoms with Crippen molar-refractivity contribution in [3.05, 3.63) is 41.2 Å². The van der Waals surface area contributed by atoms with Crippen LogP contribution in [-0.2, 0) is 4.79 Å². The minimum Gasteiger partial charge on any atom is -0.394 e. The quantitative estimate of drug-likeness (QED) is 0.576. The van der Waals surface area contributed by atoms with Crippen molar-refractivity contribution in [1.82, 2.24) is 20.5 Å². The summed E-state index contributed by atoms with van der Waals surface area (Å²) in [7, 11) is -1.69. The van der Waals surface area contributed by atoms with Gasteiger partial charge in [0, 0.05) is 16.8 Å². The first-order valence-corrected chi connectivity index (χ1v) is 15.2. The largest absolute Gasteiger partial charge is 0.394 e. The summed E-state index contributed by atoms with van der Waals surface area (Å²) in [5, 5.41) is 15.7. The second kappa shape index (κ2) is 8.36. The summed E-state index contributed by atoms with van der Waals surface area (Å²) in [6.07, 6.45) is 4.63. The number of hydrogen-bond acceptors (Lipinski definition) is 5. The van der Waals surface area contributed by atoms with Gasteiger partial charge in [0.25, 0.3) is 0 Å². The highest BCUT2D eigenvalue weighted by Gasteiger charge is 2.54. The van der Waals surface area contributed by atoms with Gasteiger partial charge in [-0.1, -0.05) is 32.1 Å². The number of nitrogens with zero attached hydrogens (tertiary/aromatic N) is 3. The number of amidine groups is 1. The maximum atomic E-state index is 13.3. The van der Waals surface area contributed by atoms with Gasteiger partial charge >= 0.3 is 6.03 Å². The lowest BCUT2D eigenvalue weighted by Gasteiger charge is -2.49. The Morgan fingerprint density at radius 2 is 1.97 bits per heavy atom. The molecule has 3 amide bonds. The Morgan fingerprint density at radius 1 is 1.24 bits per heavy atom. The molecule has 33 heavy (non-hydrogen) atoms. The lowest BCUT2D eigenvalue weighted by atomic mass is 9.83. The van der Waals surface area contributed by atoms with E-state index >= 15 is 0 Å². The Hall–Kier alpha value is -2.52. The van der Waals surface area contributed by atoms with Gasteiger partial charge in [0.15, 0.2) is 0 Å². The van der Waals surface area contributed by atoms with Gasteiger partial charge < -0.3 is 20.6 Å². The molecule has 0 bridgehead atoms. The highest BCUT2D eigenvalue weighted by Crippen LogP contribution is 2.55. The molecule has 3 N–H and O–H groups in total. The zero-order chi connectivity index (χ0) is 24.0. The van der Waals surface area contributed by atoms with Crippen molar-refractivity contribution < 1.29 is 14.7 Å². The molecule has 1 aromatic rings. The van der Waals surface area contributed by atoms with Crippen LogP contribution >= 0.6 is 0 Å². The molecule has 4 rings (SSSR count). The summed E-state index contributed by atoms with van der Waals surface area (Å²) < 4.78 is 0. The fraction of sp³-hybridized carbons (Fsp3) is 0.583. The number of hydrogen-bond donors (Lipinski definition) is 3. The number of rotatable bonds is 5. The van der Waals surface area contributed by atoms with E-state index < -0.39 is 19.7 Å². The normalized spacial score (nSPS) is 21.8. The average molecular weight is 470 g/mol. The summed E-state index contributed by atoms with van der Waals surface area (Å²) >= 11 is 0. The van der Waals surface area contributed by atoms with E-state index in [4.69, 9.17) is 0 Å². The second-order valence-corrected chi connectivity index (χ2v) is 16.3. The number of aliphatic imine (C=N–C) groups is 1. The summed E-state index contributed by atoms with van der Waals surface area (Å²) in [6, 6.07) is 4.54. The van der Waals surface area contributed by atoms with Crippen LogP contribution < -0.4 is 10.6 Å². The maximum absolute atomic E-state index is 13.3. The Labute approximate surface area is 196 Å². The van der Waals surface area contributed by atoms with Crippen LogP contribution in [0.15, 0.2) is 40.5 Å². The molecular weight excluding hydrogens is 434 g/mol. The molecule has 0 aromatic carbocycles. The van der Waals surface area contributed by atoms with Crippen LogP contribution in [0.5, 0.6) is 0 Å². The average Bonchev–Trinajstić information content (AvgIpc) is 3.23. The third-order valence-electron chi connectivity index (χ3n) is 7.85. The van der Waals surface area contributed by atoms with E-state index in [2.05, 4.69) is 40.3 Å². The molecule has 1 aliphatic carbocycles. The van der Waals surface area contributed by atoms with Gasteiger partial charge in [-0.2, -0.15) is 0 Å². The third kappa shape index (κ3) is 3.91. The van der Waals surface area contributed by atoms with E-state index in [1.807, 2.05) is 19.9 Å². The van der Waals surface area contributed by atoms with Gasteiger partial charge in [0.1, 0.15) is 5.84 Å². The molecule has 3 aliphatic rings. The summed E-state index contributed by atoms with van der Waals surface area (Å²) in [4.78, 5) is 37.2. The van der Waals surface area contributed by atoms with E-state index in [0.717, 1.165) is 30.4 Å². The number of carbonyl (C=O) groups is 2. The first-order chi connectivity index (χ1) is 15.5. The second-order valence-electron chi connectivity index (χ2n) is 10.8. The number of pyridine rings is 1. The molecule has 1 fully saturated rings. The Kier molecular flexibility index (Phi) is 5.98. The van der Waals surface area contributed by atoms with Crippen LogP contribution in [0.25, 0.3) is 0 Å². The van der Waals surface area contributed by atoms with E-state index in [0.29, 0.717) is 24.6 Å². The number of urea groups is 1. The van der Waals surface area contributed by atoms with Gasteiger partial charge in [0.05, 0.1) is 45.0 Å². The summed E-state index contributed by atoms with van der Waals surface area (Å²) in [5.41, 5.74) is 2.05. The smallest absolute Gasteiger partial charge is 0.319 e. The summed E-state index contributed by atoms with van der Waals surface area (Å²) in [6.45, 7) is 11.4. The molecule has 9 heteroatoms. The standard InChI is InChI=1S/C24H35N5O3Si/c1-23(2)17-13-26-20(28-21(31)24(10-8-11-24)33(3,4)5)16(17)14-29(23)22(32)27-19(15-30)18-9-6-7-12-25-18/h6-7,9,12,19,30H,8,10-11,13-15H2,1-5H3,(H,27,32)(H,26,28,31). The number of aliphatic hydroxyl groups is 1. The fourth-order valence-electron chi connectivity index (χ4n) is 5.28. The van der Waals surface area contributed by atoms with Crippen molar-refractivity contribution >= 4 is 25.8 Å². The highest BCUT2D eigenvalue weighted by atomic mass is 28.3. The van der Waals surface area contributed by atoms with E-state index in [9.17, 15) is 14.7 Å². The number of aliphatic hydroxyl groups excluding tert-OH is 1. The monoisotopic (exact) mass is 469 g/mol. The number of amides is 3. The lowest BCUT2D eigenvalue weighted by molar-refractivity contribution is -0.125. The van der Waals surface area contributed by atoms with E-state index in [-0.39, 0.29) is 23.6 Å². The van der Waals surface area contributed by atoms with Crippen molar-refractivity contribution in [1.29, 1.82) is 0 Å². The molecule has 1 atom stereocenters. The first kappa shape index (κ1) is 23.6. The van der Waals surface area contributed by atoms with Gasteiger partial charge in [-0.05, 0) is 44.4 Å². The molecule has 0 radical (unpaired) electrons. The third-order valence-corrected chi connectivity index (χ3v) is 11.5. The maximum Gasteiger partial charge on any atom is 0.319 e. The minimum absolute atomic E-state index is 0.0941. The van der Waals surface area contributed by atoms with Crippen molar-refractivity contribution in [2.75, 3.05) is 19.7 Å². The predicted octanol–water partition coefficient (Wildman–Crippen LogP) is 3.01. The Morgan fingerprint density at radius 3 is 2.52 bits per heavy atom. The number of nitrogens with one attached hydrogen (secondary N) is 2. The molecule has 0 spiro atoms. The minimum atomic E-state index is -1.69. The van der Waals surface area contributed by atoms with Crippen LogP contribution in [0.4, 0.5) is 4.79 Å². The zero-order valence-corrected chi connectivity index (χ0v) is 21.2. The first-order valence-electron chi connectivity index (χ1n) is 11.7. The van der Waals surface area contributed by atoms with Crippen LogP contribution in [-0.4, -0.2) is 66.1 Å². The SMILES string of the molecule is CC1(C)C2=C(CN1C(=O)NC(CO)c1ccccn1)C(NC(=O)C1([Si](C)(C)C)CCC1)=NC2. The predicted molar refractivity (Wildman–Crippen MR) is 131 cm³/mol. The molecule has 0 saturated heterocycles. The Balaban J connectivity index is 1.48. The van der Waals surface area contributed by atoms with E-state index in [1.165, 1.54) is 0 Å². The molecule has 2 aliphatic heterocycles. The number of carbonyl (C=O) groups excluding carboxylic acids is 2. The van der Waals surface area contributed by atoms with Gasteiger partial charge in [-0.15, -0.1) is 0 Å². The van der Waals surface area contributed by atoms with Crippen LogP contribution in [0.2, 0.25) is 24.7 Å². The Bertz CT molecular complexity index is 1010. The molecule has 8 nitrogen and oxygen atoms in total. The van der Waals surface area contributed by atoms with Crippen LogP contribution in [0.3, 0.4) is 0 Å². The van der Waals surface area contributed by atoms with Crippen molar-refractivity contribution in [3.63, 3.8) is 0 Å². The highest BCUT2D eigenvalue weighted by molar-refractivity contribution is 6.82. The summed E-state index contributed by atoms with van der Waals surface area (Å²) in [5.74, 6) is 0.711. The molecule has 1 aromatic heterocycles. The lowest BCUT2D eigenvalue weighted by Crippen LogP contribution is -2.55. The van der Waals surface area contributed by atoms with Gasteiger partial charge in [-0.3, -0.25) is 14.8 Å². The fourth-order valence-corrected chi connectivity index (χ4v) is 7.88. The molecular formula is C24H35N5O3Si. The molecule has 3 heterocycles. The van der Waals surface area contributed by atoms with Crippen molar-refractivity contribution in [2.24, 2.45) is 4.99 Å². The zero-order valence-electron chi connectivity index (χ0n) is 20.2. The van der Waals surface area contributed by atoms with Crippen LogP contribution in [0.1, 0.15) is 44.8 Å². The molecule has 1 unspecified atom stereocenters. The van der Waals surface area contributed by atoms with Gasteiger partial charge in [0.2, 0.25) is 5.91 Å². The topological polar surface area (TPSA) is 107 Å². The molecule has 178 valence electrons.